The summed E-state index contributed by atoms with van der Waals surface area (Å²) in [4.78, 5) is 0. The lowest BCUT2D eigenvalue weighted by Crippen LogP contribution is -2.31. The Balaban J connectivity index is 2.54. The minimum absolute atomic E-state index is 0.105. The van der Waals surface area contributed by atoms with E-state index in [2.05, 4.69) is 0 Å². The summed E-state index contributed by atoms with van der Waals surface area (Å²) in [6.45, 7) is 0. The zero-order chi connectivity index (χ0) is 11.3. The van der Waals surface area contributed by atoms with Crippen LogP contribution in [0.15, 0.2) is 0 Å². The molecule has 5 heteroatoms. The highest BCUT2D eigenvalue weighted by Crippen LogP contribution is 2.24. The minimum Gasteiger partial charge on any atom is -0.391 e. The van der Waals surface area contributed by atoms with E-state index >= 15 is 0 Å². The second kappa shape index (κ2) is 5.47. The summed E-state index contributed by atoms with van der Waals surface area (Å²) in [5.74, 6) is -0.259. The van der Waals surface area contributed by atoms with Gasteiger partial charge in [-0.05, 0) is 12.8 Å². The average Bonchev–Trinajstić information content (AvgIpc) is 2.18. The first-order chi connectivity index (χ1) is 7.06. The lowest BCUT2D eigenvalue weighted by Gasteiger charge is -2.22. The molecule has 1 atom stereocenters. The Hall–Kier alpha value is -0.600. The fourth-order valence-corrected chi connectivity index (χ4v) is 3.97. The zero-order valence-electron chi connectivity index (χ0n) is 8.72. The van der Waals surface area contributed by atoms with Crippen LogP contribution in [0.5, 0.6) is 0 Å². The summed E-state index contributed by atoms with van der Waals surface area (Å²) in [5, 5.41) is 17.4. The van der Waals surface area contributed by atoms with E-state index in [1.165, 1.54) is 0 Å². The molecule has 0 amide bonds. The third kappa shape index (κ3) is 3.80. The molecule has 0 aromatic heterocycles. The van der Waals surface area contributed by atoms with E-state index in [1.54, 1.807) is 6.07 Å². The van der Waals surface area contributed by atoms with Crippen LogP contribution in [0.3, 0.4) is 0 Å². The zero-order valence-corrected chi connectivity index (χ0v) is 9.54. The third-order valence-corrected chi connectivity index (χ3v) is 5.15. The lowest BCUT2D eigenvalue weighted by molar-refractivity contribution is 0.202. The minimum atomic E-state index is -3.21. The van der Waals surface area contributed by atoms with Crippen LogP contribution in [-0.4, -0.2) is 30.6 Å². The molecule has 15 heavy (non-hydrogen) atoms. The highest BCUT2D eigenvalue weighted by molar-refractivity contribution is 7.92. The van der Waals surface area contributed by atoms with Crippen molar-refractivity contribution >= 4 is 9.84 Å². The van der Waals surface area contributed by atoms with Gasteiger partial charge >= 0.3 is 0 Å². The highest BCUT2D eigenvalue weighted by atomic mass is 32.2. The molecule has 0 bridgehead atoms. The second-order valence-corrected chi connectivity index (χ2v) is 6.43. The third-order valence-electron chi connectivity index (χ3n) is 2.81. The SMILES string of the molecule is N#CCC(O)CS(=O)(=O)C1CCCCC1. The monoisotopic (exact) mass is 231 g/mol. The molecule has 1 rings (SSSR count). The second-order valence-electron chi connectivity index (χ2n) is 4.11. The van der Waals surface area contributed by atoms with Crippen LogP contribution in [0, 0.1) is 11.3 Å². The topological polar surface area (TPSA) is 78.2 Å². The summed E-state index contributed by atoms with van der Waals surface area (Å²) in [5.41, 5.74) is 0. The van der Waals surface area contributed by atoms with Crippen molar-refractivity contribution in [3.8, 4) is 6.07 Å². The summed E-state index contributed by atoms with van der Waals surface area (Å²) >= 11 is 0. The number of hydrogen-bond acceptors (Lipinski definition) is 4. The van der Waals surface area contributed by atoms with Gasteiger partial charge in [0.15, 0.2) is 9.84 Å². The average molecular weight is 231 g/mol. The normalized spacial score (nSPS) is 20.8. The molecule has 1 saturated carbocycles. The Morgan fingerprint density at radius 3 is 2.47 bits per heavy atom. The van der Waals surface area contributed by atoms with E-state index < -0.39 is 15.9 Å². The predicted octanol–water partition coefficient (Wildman–Crippen LogP) is 1.01. The molecule has 4 nitrogen and oxygen atoms in total. The van der Waals surface area contributed by atoms with E-state index in [9.17, 15) is 13.5 Å². The Morgan fingerprint density at radius 1 is 1.33 bits per heavy atom. The number of aliphatic hydroxyl groups is 1. The van der Waals surface area contributed by atoms with Crippen molar-refractivity contribution in [2.75, 3.05) is 5.75 Å². The molecule has 1 aliphatic carbocycles. The summed E-state index contributed by atoms with van der Waals surface area (Å²) in [6, 6.07) is 1.78. The number of aliphatic hydroxyl groups excluding tert-OH is 1. The van der Waals surface area contributed by atoms with Crippen molar-refractivity contribution in [3.63, 3.8) is 0 Å². The largest absolute Gasteiger partial charge is 0.391 e. The maximum absolute atomic E-state index is 11.8. The quantitative estimate of drug-likeness (QED) is 0.783. The molecule has 1 aliphatic rings. The van der Waals surface area contributed by atoms with Gasteiger partial charge in [0.25, 0.3) is 0 Å². The van der Waals surface area contributed by atoms with Crippen LogP contribution < -0.4 is 0 Å². The van der Waals surface area contributed by atoms with Gasteiger partial charge in [-0.15, -0.1) is 0 Å². The number of nitrogens with zero attached hydrogens (tertiary/aromatic N) is 1. The van der Waals surface area contributed by atoms with Crippen molar-refractivity contribution < 1.29 is 13.5 Å². The summed E-state index contributed by atoms with van der Waals surface area (Å²) in [6.07, 6.45) is 3.31. The molecule has 0 radical (unpaired) electrons. The van der Waals surface area contributed by atoms with Gasteiger partial charge < -0.3 is 5.11 Å². The van der Waals surface area contributed by atoms with Gasteiger partial charge in [-0.25, -0.2) is 8.42 Å². The van der Waals surface area contributed by atoms with Crippen molar-refractivity contribution in [1.82, 2.24) is 0 Å². The first kappa shape index (κ1) is 12.5. The Bertz CT molecular complexity index is 325. The van der Waals surface area contributed by atoms with Crippen molar-refractivity contribution in [2.24, 2.45) is 0 Å². The number of sulfone groups is 1. The van der Waals surface area contributed by atoms with E-state index in [1.807, 2.05) is 0 Å². The molecule has 1 unspecified atom stereocenters. The van der Waals surface area contributed by atoms with Crippen molar-refractivity contribution in [1.29, 1.82) is 5.26 Å². The highest BCUT2D eigenvalue weighted by Gasteiger charge is 2.29. The molecule has 0 heterocycles. The van der Waals surface area contributed by atoms with Crippen LogP contribution in [0.25, 0.3) is 0 Å². The van der Waals surface area contributed by atoms with Gasteiger partial charge in [0.2, 0.25) is 0 Å². The first-order valence-corrected chi connectivity index (χ1v) is 7.04. The Kier molecular flexibility index (Phi) is 4.55. The number of nitriles is 1. The van der Waals surface area contributed by atoms with Gasteiger partial charge in [0.05, 0.1) is 29.6 Å². The molecular weight excluding hydrogens is 214 g/mol. The molecule has 0 spiro atoms. The predicted molar refractivity (Wildman–Crippen MR) is 56.9 cm³/mol. The fourth-order valence-electron chi connectivity index (χ4n) is 1.99. The smallest absolute Gasteiger partial charge is 0.155 e. The number of rotatable bonds is 4. The van der Waals surface area contributed by atoms with Crippen LogP contribution in [0.1, 0.15) is 38.5 Å². The fraction of sp³-hybridized carbons (Fsp3) is 0.900. The van der Waals surface area contributed by atoms with Crippen LogP contribution in [-0.2, 0) is 9.84 Å². The van der Waals surface area contributed by atoms with Gasteiger partial charge in [0, 0.05) is 0 Å². The molecule has 0 aromatic rings. The maximum Gasteiger partial charge on any atom is 0.155 e. The summed E-state index contributed by atoms with van der Waals surface area (Å²) in [7, 11) is -3.21. The Labute approximate surface area is 90.8 Å². The summed E-state index contributed by atoms with van der Waals surface area (Å²) < 4.78 is 23.6. The van der Waals surface area contributed by atoms with Crippen molar-refractivity contribution in [3.05, 3.63) is 0 Å². The molecule has 0 saturated heterocycles. The lowest BCUT2D eigenvalue weighted by atomic mass is 10.0. The van der Waals surface area contributed by atoms with E-state index in [0.29, 0.717) is 12.8 Å². The molecule has 86 valence electrons. The standard InChI is InChI=1S/C10H17NO3S/c11-7-6-9(12)8-15(13,14)10-4-2-1-3-5-10/h9-10,12H,1-6,8H2. The van der Waals surface area contributed by atoms with E-state index in [4.69, 9.17) is 5.26 Å². The molecule has 1 N–H and O–H groups in total. The van der Waals surface area contributed by atoms with Crippen molar-refractivity contribution in [2.45, 2.75) is 49.9 Å². The van der Waals surface area contributed by atoms with Gasteiger partial charge in [0.1, 0.15) is 0 Å². The molecule has 1 fully saturated rings. The van der Waals surface area contributed by atoms with Gasteiger partial charge in [-0.1, -0.05) is 19.3 Å². The van der Waals surface area contributed by atoms with Crippen LogP contribution in [0.2, 0.25) is 0 Å². The number of hydrogen-bond donors (Lipinski definition) is 1. The molecule has 0 aromatic carbocycles. The Morgan fingerprint density at radius 2 is 1.93 bits per heavy atom. The van der Waals surface area contributed by atoms with E-state index in [0.717, 1.165) is 19.3 Å². The molecule has 0 aliphatic heterocycles. The van der Waals surface area contributed by atoms with Crippen LogP contribution >= 0.6 is 0 Å². The van der Waals surface area contributed by atoms with Gasteiger partial charge in [-0.2, -0.15) is 5.26 Å². The molecular formula is C10H17NO3S. The maximum atomic E-state index is 11.8. The first-order valence-electron chi connectivity index (χ1n) is 5.33. The van der Waals surface area contributed by atoms with E-state index in [-0.39, 0.29) is 17.4 Å². The van der Waals surface area contributed by atoms with Crippen LogP contribution in [0.4, 0.5) is 0 Å². The van der Waals surface area contributed by atoms with Gasteiger partial charge in [-0.3, -0.25) is 0 Å².